The molecule has 2 rings (SSSR count). The molecule has 0 saturated carbocycles. The van der Waals surface area contributed by atoms with E-state index in [9.17, 15) is 5.11 Å². The molecule has 1 aromatic rings. The van der Waals surface area contributed by atoms with Crippen LogP contribution in [0.1, 0.15) is 31.4 Å². The molecule has 1 saturated heterocycles. The highest BCUT2D eigenvalue weighted by Gasteiger charge is 2.14. The minimum absolute atomic E-state index is 0.343. The highest BCUT2D eigenvalue weighted by molar-refractivity contribution is 5.46. The quantitative estimate of drug-likeness (QED) is 0.820. The molecular formula is C13H19NO2. The Labute approximate surface area is 96.4 Å². The number of aliphatic hydroxyl groups excluding tert-OH is 1. The molecule has 1 aromatic carbocycles. The fourth-order valence-electron chi connectivity index (χ4n) is 1.95. The van der Waals surface area contributed by atoms with Crippen LogP contribution in [0.2, 0.25) is 0 Å². The topological polar surface area (TPSA) is 41.5 Å². The molecule has 2 N–H and O–H groups in total. The van der Waals surface area contributed by atoms with Gasteiger partial charge in [-0.1, -0.05) is 12.1 Å². The fraction of sp³-hybridized carbons (Fsp3) is 0.538. The number of nitrogens with one attached hydrogen (secondary N) is 1. The predicted molar refractivity (Wildman–Crippen MR) is 64.5 cm³/mol. The van der Waals surface area contributed by atoms with Gasteiger partial charge in [0.1, 0.15) is 0 Å². The molecule has 0 aliphatic carbocycles. The Kier molecular flexibility index (Phi) is 3.80. The minimum atomic E-state index is -0.413. The molecule has 3 heteroatoms. The van der Waals surface area contributed by atoms with Crippen molar-refractivity contribution in [3.8, 4) is 0 Å². The molecule has 1 heterocycles. The lowest BCUT2D eigenvalue weighted by Gasteiger charge is -2.13. The number of aliphatic hydroxyl groups is 1. The van der Waals surface area contributed by atoms with E-state index in [4.69, 9.17) is 4.74 Å². The molecule has 1 aliphatic rings. The van der Waals surface area contributed by atoms with E-state index in [1.807, 2.05) is 24.3 Å². The van der Waals surface area contributed by atoms with E-state index in [0.717, 1.165) is 30.8 Å². The molecule has 0 bridgehead atoms. The molecule has 0 aromatic heterocycles. The number of rotatable bonds is 4. The van der Waals surface area contributed by atoms with Crippen molar-refractivity contribution in [2.75, 3.05) is 18.5 Å². The molecule has 1 fully saturated rings. The lowest BCUT2D eigenvalue weighted by molar-refractivity contribution is 0.120. The summed E-state index contributed by atoms with van der Waals surface area (Å²) in [6.45, 7) is 3.52. The van der Waals surface area contributed by atoms with Crippen LogP contribution in [0.25, 0.3) is 0 Å². The van der Waals surface area contributed by atoms with Crippen LogP contribution in [0, 0.1) is 0 Å². The number of hydrogen-bond acceptors (Lipinski definition) is 3. The highest BCUT2D eigenvalue weighted by Crippen LogP contribution is 2.18. The van der Waals surface area contributed by atoms with Gasteiger partial charge in [-0.3, -0.25) is 0 Å². The molecule has 3 nitrogen and oxygen atoms in total. The number of hydrogen-bond donors (Lipinski definition) is 2. The van der Waals surface area contributed by atoms with Crippen molar-refractivity contribution in [2.24, 2.45) is 0 Å². The first kappa shape index (κ1) is 11.4. The van der Waals surface area contributed by atoms with Crippen LogP contribution < -0.4 is 5.32 Å². The summed E-state index contributed by atoms with van der Waals surface area (Å²) in [7, 11) is 0. The fourth-order valence-corrected chi connectivity index (χ4v) is 1.95. The van der Waals surface area contributed by atoms with Crippen molar-refractivity contribution in [3.63, 3.8) is 0 Å². The molecule has 0 spiro atoms. The van der Waals surface area contributed by atoms with Gasteiger partial charge in [-0.25, -0.2) is 0 Å². The Hall–Kier alpha value is -1.06. The van der Waals surface area contributed by atoms with Gasteiger partial charge in [-0.2, -0.15) is 0 Å². The van der Waals surface area contributed by atoms with E-state index in [1.165, 1.54) is 6.42 Å². The van der Waals surface area contributed by atoms with Crippen molar-refractivity contribution in [1.29, 1.82) is 0 Å². The maximum atomic E-state index is 9.48. The summed E-state index contributed by atoms with van der Waals surface area (Å²) in [5.41, 5.74) is 1.99. The van der Waals surface area contributed by atoms with E-state index in [0.29, 0.717) is 6.10 Å². The number of benzene rings is 1. The van der Waals surface area contributed by atoms with Crippen molar-refractivity contribution in [1.82, 2.24) is 0 Å². The van der Waals surface area contributed by atoms with E-state index in [1.54, 1.807) is 6.92 Å². The van der Waals surface area contributed by atoms with Gasteiger partial charge in [0.2, 0.25) is 0 Å². The Morgan fingerprint density at radius 1 is 1.56 bits per heavy atom. The van der Waals surface area contributed by atoms with Crippen molar-refractivity contribution in [3.05, 3.63) is 29.8 Å². The van der Waals surface area contributed by atoms with Gasteiger partial charge >= 0.3 is 0 Å². The Balaban J connectivity index is 1.90. The summed E-state index contributed by atoms with van der Waals surface area (Å²) in [6.07, 6.45) is 2.24. The zero-order chi connectivity index (χ0) is 11.4. The summed E-state index contributed by atoms with van der Waals surface area (Å²) in [5, 5.41) is 12.8. The molecule has 2 unspecified atom stereocenters. The highest BCUT2D eigenvalue weighted by atomic mass is 16.5. The summed E-state index contributed by atoms with van der Waals surface area (Å²) in [4.78, 5) is 0. The van der Waals surface area contributed by atoms with Gasteiger partial charge in [-0.05, 0) is 37.5 Å². The van der Waals surface area contributed by atoms with Gasteiger partial charge in [-0.15, -0.1) is 0 Å². The average Bonchev–Trinajstić information content (AvgIpc) is 2.79. The van der Waals surface area contributed by atoms with Gasteiger partial charge in [0.25, 0.3) is 0 Å². The standard InChI is InChI=1S/C13H19NO2/c1-10(15)11-4-2-5-12(8-11)14-9-13-6-3-7-16-13/h2,4-5,8,10,13-15H,3,6-7,9H2,1H3. The van der Waals surface area contributed by atoms with Crippen LogP contribution >= 0.6 is 0 Å². The third-order valence-electron chi connectivity index (χ3n) is 2.93. The first-order chi connectivity index (χ1) is 7.75. The van der Waals surface area contributed by atoms with Crippen molar-refractivity contribution in [2.45, 2.75) is 32.0 Å². The van der Waals surface area contributed by atoms with Crippen LogP contribution in [-0.4, -0.2) is 24.4 Å². The van der Waals surface area contributed by atoms with E-state index in [2.05, 4.69) is 5.32 Å². The Bertz CT molecular complexity index is 332. The first-order valence-electron chi connectivity index (χ1n) is 5.89. The third-order valence-corrected chi connectivity index (χ3v) is 2.93. The van der Waals surface area contributed by atoms with Gasteiger partial charge in [0.15, 0.2) is 0 Å². The summed E-state index contributed by atoms with van der Waals surface area (Å²) < 4.78 is 5.54. The van der Waals surface area contributed by atoms with Crippen LogP contribution in [-0.2, 0) is 4.74 Å². The Morgan fingerprint density at radius 2 is 2.44 bits per heavy atom. The smallest absolute Gasteiger partial charge is 0.0762 e. The summed E-state index contributed by atoms with van der Waals surface area (Å²) in [6, 6.07) is 7.89. The second-order valence-corrected chi connectivity index (χ2v) is 4.32. The third kappa shape index (κ3) is 2.97. The Morgan fingerprint density at radius 3 is 3.12 bits per heavy atom. The lowest BCUT2D eigenvalue weighted by Crippen LogP contribution is -2.18. The van der Waals surface area contributed by atoms with Gasteiger partial charge < -0.3 is 15.2 Å². The largest absolute Gasteiger partial charge is 0.389 e. The maximum Gasteiger partial charge on any atom is 0.0762 e. The normalized spacial score (nSPS) is 22.0. The van der Waals surface area contributed by atoms with E-state index in [-0.39, 0.29) is 0 Å². The molecule has 0 amide bonds. The average molecular weight is 221 g/mol. The predicted octanol–water partition coefficient (Wildman–Crippen LogP) is 2.33. The molecule has 2 atom stereocenters. The summed E-state index contributed by atoms with van der Waals surface area (Å²) >= 11 is 0. The zero-order valence-corrected chi connectivity index (χ0v) is 9.65. The SMILES string of the molecule is CC(O)c1cccc(NCC2CCCO2)c1. The number of ether oxygens (including phenoxy) is 1. The first-order valence-corrected chi connectivity index (χ1v) is 5.89. The molecule has 0 radical (unpaired) electrons. The number of anilines is 1. The lowest BCUT2D eigenvalue weighted by atomic mass is 10.1. The molecule has 1 aliphatic heterocycles. The van der Waals surface area contributed by atoms with Gasteiger partial charge in [0, 0.05) is 18.8 Å². The van der Waals surface area contributed by atoms with E-state index < -0.39 is 6.10 Å². The summed E-state index contributed by atoms with van der Waals surface area (Å²) in [5.74, 6) is 0. The second kappa shape index (κ2) is 5.32. The second-order valence-electron chi connectivity index (χ2n) is 4.32. The minimum Gasteiger partial charge on any atom is -0.389 e. The maximum absolute atomic E-state index is 9.48. The zero-order valence-electron chi connectivity index (χ0n) is 9.65. The van der Waals surface area contributed by atoms with E-state index >= 15 is 0 Å². The molecule has 88 valence electrons. The van der Waals surface area contributed by atoms with Crippen LogP contribution in [0.3, 0.4) is 0 Å². The van der Waals surface area contributed by atoms with Gasteiger partial charge in [0.05, 0.1) is 12.2 Å². The van der Waals surface area contributed by atoms with Crippen LogP contribution in [0.5, 0.6) is 0 Å². The molecular weight excluding hydrogens is 202 g/mol. The monoisotopic (exact) mass is 221 g/mol. The van der Waals surface area contributed by atoms with Crippen molar-refractivity contribution < 1.29 is 9.84 Å². The van der Waals surface area contributed by atoms with Crippen LogP contribution in [0.15, 0.2) is 24.3 Å². The molecule has 16 heavy (non-hydrogen) atoms. The van der Waals surface area contributed by atoms with Crippen LogP contribution in [0.4, 0.5) is 5.69 Å². The van der Waals surface area contributed by atoms with Crippen molar-refractivity contribution >= 4 is 5.69 Å².